The first-order valence-electron chi connectivity index (χ1n) is 14.8. The lowest BCUT2D eigenvalue weighted by Crippen LogP contribution is -2.37. The van der Waals surface area contributed by atoms with Crippen LogP contribution in [-0.2, 0) is 24.2 Å². The van der Waals surface area contributed by atoms with E-state index in [9.17, 15) is 15.0 Å². The molecule has 1 amide bonds. The number of hydrogen-bond acceptors (Lipinski definition) is 6. The Morgan fingerprint density at radius 1 is 0.674 bits per heavy atom. The van der Waals surface area contributed by atoms with Crippen LogP contribution in [0.3, 0.4) is 0 Å². The summed E-state index contributed by atoms with van der Waals surface area (Å²) in [5.41, 5.74) is 3.86. The number of carbonyl (C=O) groups is 1. The highest BCUT2D eigenvalue weighted by molar-refractivity contribution is 5.82. The van der Waals surface area contributed by atoms with Crippen LogP contribution in [-0.4, -0.2) is 47.5 Å². The molecule has 4 aromatic carbocycles. The summed E-state index contributed by atoms with van der Waals surface area (Å²) < 4.78 is 11.4. The first kappa shape index (κ1) is 31.8. The predicted octanol–water partition coefficient (Wildman–Crippen LogP) is 5.01. The molecule has 4 aromatic rings. The maximum Gasteiger partial charge on any atom is 0.253 e. The summed E-state index contributed by atoms with van der Waals surface area (Å²) in [5.74, 6) is 0.988. The number of aliphatic hydroxyl groups is 2. The van der Waals surface area contributed by atoms with Gasteiger partial charge in [-0.15, -0.1) is 0 Å². The monoisotopic (exact) mass is 582 g/mol. The van der Waals surface area contributed by atoms with Crippen LogP contribution in [0.4, 0.5) is 0 Å². The van der Waals surface area contributed by atoms with Crippen LogP contribution in [0.15, 0.2) is 109 Å². The molecule has 7 nitrogen and oxygen atoms in total. The van der Waals surface area contributed by atoms with Crippen molar-refractivity contribution >= 4 is 5.91 Å². The topological polar surface area (TPSA) is 100 Å². The standard InChI is InChI=1S/C36H42N2O5/c1-26(37-23-32(39)25-43-33-11-7-4-8-12-33)21-28-13-15-29(16-14-28)22-27(2)38-36(41)35(40)31-17-19-34(20-18-31)42-24-30-9-5-3-6-10-30/h3-20,26-27,32,35,37,39-40H,21-25H2,1-2H3,(H,38,41)/t26?,27?,32-,35?/m1/s1. The molecule has 0 heterocycles. The van der Waals surface area contributed by atoms with Gasteiger partial charge in [0.05, 0.1) is 0 Å². The molecule has 0 aliphatic rings. The molecule has 0 saturated carbocycles. The number of nitrogens with one attached hydrogen (secondary N) is 2. The number of ether oxygens (including phenoxy) is 2. The average molecular weight is 583 g/mol. The normalized spacial score (nSPS) is 13.9. The minimum absolute atomic E-state index is 0.151. The van der Waals surface area contributed by atoms with Gasteiger partial charge < -0.3 is 30.3 Å². The molecule has 0 radical (unpaired) electrons. The molecule has 4 rings (SSSR count). The van der Waals surface area contributed by atoms with Crippen molar-refractivity contribution in [3.63, 3.8) is 0 Å². The molecular formula is C36H42N2O5. The van der Waals surface area contributed by atoms with Gasteiger partial charge in [-0.25, -0.2) is 0 Å². The van der Waals surface area contributed by atoms with Gasteiger partial charge in [-0.2, -0.15) is 0 Å². The molecule has 0 aliphatic heterocycles. The predicted molar refractivity (Wildman–Crippen MR) is 169 cm³/mol. The quantitative estimate of drug-likeness (QED) is 0.148. The van der Waals surface area contributed by atoms with E-state index in [0.29, 0.717) is 30.9 Å². The lowest BCUT2D eigenvalue weighted by Gasteiger charge is -2.19. The van der Waals surface area contributed by atoms with Gasteiger partial charge in [0.2, 0.25) is 0 Å². The van der Waals surface area contributed by atoms with Crippen LogP contribution < -0.4 is 20.1 Å². The highest BCUT2D eigenvalue weighted by atomic mass is 16.5. The van der Waals surface area contributed by atoms with Gasteiger partial charge in [-0.3, -0.25) is 4.79 Å². The summed E-state index contributed by atoms with van der Waals surface area (Å²) in [6, 6.07) is 34.6. The number of benzene rings is 4. The Balaban J connectivity index is 1.15. The van der Waals surface area contributed by atoms with Gasteiger partial charge in [0, 0.05) is 18.6 Å². The number of amides is 1. The Hall–Kier alpha value is -4.17. The van der Waals surface area contributed by atoms with E-state index < -0.39 is 18.1 Å². The molecule has 0 fully saturated rings. The Labute approximate surface area is 254 Å². The van der Waals surface area contributed by atoms with Gasteiger partial charge >= 0.3 is 0 Å². The van der Waals surface area contributed by atoms with Crippen molar-refractivity contribution in [1.29, 1.82) is 0 Å². The lowest BCUT2D eigenvalue weighted by molar-refractivity contribution is -0.130. The molecule has 226 valence electrons. The fraction of sp³-hybridized carbons (Fsp3) is 0.306. The van der Waals surface area contributed by atoms with E-state index in [1.54, 1.807) is 24.3 Å². The molecule has 43 heavy (non-hydrogen) atoms. The van der Waals surface area contributed by atoms with Gasteiger partial charge in [0.1, 0.15) is 30.8 Å². The molecule has 0 aromatic heterocycles. The van der Waals surface area contributed by atoms with Gasteiger partial charge in [-0.1, -0.05) is 84.9 Å². The second-order valence-corrected chi connectivity index (χ2v) is 11.0. The molecular weight excluding hydrogens is 540 g/mol. The van der Waals surface area contributed by atoms with Crippen LogP contribution >= 0.6 is 0 Å². The first-order valence-corrected chi connectivity index (χ1v) is 14.8. The number of aliphatic hydroxyl groups excluding tert-OH is 2. The summed E-state index contributed by atoms with van der Waals surface area (Å²) in [7, 11) is 0. The minimum atomic E-state index is -1.26. The fourth-order valence-corrected chi connectivity index (χ4v) is 4.71. The van der Waals surface area contributed by atoms with E-state index in [0.717, 1.165) is 23.3 Å². The molecule has 0 spiro atoms. The Kier molecular flexibility index (Phi) is 12.2. The molecule has 3 unspecified atom stereocenters. The SMILES string of the molecule is CC(Cc1ccc(CC(C)NC(=O)C(O)c2ccc(OCc3ccccc3)cc2)cc1)NC[C@@H](O)COc1ccccc1. The van der Waals surface area contributed by atoms with E-state index in [4.69, 9.17) is 9.47 Å². The third-order valence-corrected chi connectivity index (χ3v) is 7.08. The van der Waals surface area contributed by atoms with Gasteiger partial charge in [0.15, 0.2) is 6.10 Å². The molecule has 0 saturated heterocycles. The van der Waals surface area contributed by atoms with Crippen molar-refractivity contribution in [2.75, 3.05) is 13.2 Å². The number of carbonyl (C=O) groups excluding carboxylic acids is 1. The second kappa shape index (κ2) is 16.5. The zero-order chi connectivity index (χ0) is 30.4. The Bertz CT molecular complexity index is 1360. The van der Waals surface area contributed by atoms with Gasteiger partial charge in [-0.05, 0) is 73.2 Å². The number of hydrogen-bond donors (Lipinski definition) is 4. The molecule has 7 heteroatoms. The average Bonchev–Trinajstić information content (AvgIpc) is 3.03. The third kappa shape index (κ3) is 10.9. The fourth-order valence-electron chi connectivity index (χ4n) is 4.71. The number of para-hydroxylation sites is 1. The minimum Gasteiger partial charge on any atom is -0.491 e. The summed E-state index contributed by atoms with van der Waals surface area (Å²) >= 11 is 0. The zero-order valence-corrected chi connectivity index (χ0v) is 24.9. The largest absolute Gasteiger partial charge is 0.491 e. The summed E-state index contributed by atoms with van der Waals surface area (Å²) in [6.45, 7) is 5.15. The maximum absolute atomic E-state index is 12.7. The van der Waals surface area contributed by atoms with Crippen LogP contribution in [0.5, 0.6) is 11.5 Å². The molecule has 4 atom stereocenters. The van der Waals surface area contributed by atoms with E-state index in [-0.39, 0.29) is 18.7 Å². The lowest BCUT2D eigenvalue weighted by atomic mass is 10.0. The highest BCUT2D eigenvalue weighted by Gasteiger charge is 2.19. The zero-order valence-electron chi connectivity index (χ0n) is 24.9. The van der Waals surface area contributed by atoms with E-state index in [2.05, 4.69) is 41.8 Å². The van der Waals surface area contributed by atoms with Crippen molar-refractivity contribution in [1.82, 2.24) is 10.6 Å². The molecule has 0 aliphatic carbocycles. The smallest absolute Gasteiger partial charge is 0.253 e. The van der Waals surface area contributed by atoms with Crippen molar-refractivity contribution in [3.05, 3.63) is 131 Å². The van der Waals surface area contributed by atoms with Crippen molar-refractivity contribution in [3.8, 4) is 11.5 Å². The first-order chi connectivity index (χ1) is 20.9. The van der Waals surface area contributed by atoms with E-state index in [1.807, 2.05) is 67.6 Å². The van der Waals surface area contributed by atoms with Crippen molar-refractivity contribution in [2.45, 2.75) is 57.6 Å². The van der Waals surface area contributed by atoms with Crippen LogP contribution in [0.1, 0.15) is 42.2 Å². The molecule has 4 N–H and O–H groups in total. The van der Waals surface area contributed by atoms with Crippen LogP contribution in [0, 0.1) is 0 Å². The highest BCUT2D eigenvalue weighted by Crippen LogP contribution is 2.20. The summed E-state index contributed by atoms with van der Waals surface area (Å²) in [5, 5.41) is 27.1. The summed E-state index contributed by atoms with van der Waals surface area (Å²) in [4.78, 5) is 12.7. The molecule has 0 bridgehead atoms. The van der Waals surface area contributed by atoms with Gasteiger partial charge in [0.25, 0.3) is 5.91 Å². The van der Waals surface area contributed by atoms with Crippen LogP contribution in [0.25, 0.3) is 0 Å². The third-order valence-electron chi connectivity index (χ3n) is 7.08. The maximum atomic E-state index is 12.7. The number of rotatable bonds is 16. The van der Waals surface area contributed by atoms with E-state index >= 15 is 0 Å². The van der Waals surface area contributed by atoms with Crippen molar-refractivity contribution < 1.29 is 24.5 Å². The van der Waals surface area contributed by atoms with Crippen molar-refractivity contribution in [2.24, 2.45) is 0 Å². The van der Waals surface area contributed by atoms with Crippen LogP contribution in [0.2, 0.25) is 0 Å². The Morgan fingerprint density at radius 3 is 1.86 bits per heavy atom. The Morgan fingerprint density at radius 2 is 1.23 bits per heavy atom. The van der Waals surface area contributed by atoms with E-state index in [1.165, 1.54) is 5.56 Å². The second-order valence-electron chi connectivity index (χ2n) is 11.0. The summed E-state index contributed by atoms with van der Waals surface area (Å²) in [6.07, 6.45) is -0.392.